The summed E-state index contributed by atoms with van der Waals surface area (Å²) in [6.07, 6.45) is 2.32. The molecule has 1 saturated heterocycles. The quantitative estimate of drug-likeness (QED) is 0.543. The van der Waals surface area contributed by atoms with Gasteiger partial charge in [-0.25, -0.2) is 9.97 Å². The van der Waals surface area contributed by atoms with E-state index in [9.17, 15) is 15.2 Å². The number of aromatic nitrogens is 2. The molecule has 15 heavy (non-hydrogen) atoms. The van der Waals surface area contributed by atoms with Crippen LogP contribution in [-0.4, -0.2) is 38.7 Å². The minimum absolute atomic E-state index is 0.133. The van der Waals surface area contributed by atoms with Crippen LogP contribution in [0, 0.1) is 10.1 Å². The zero-order valence-electron chi connectivity index (χ0n) is 8.12. The van der Waals surface area contributed by atoms with Gasteiger partial charge in [0, 0.05) is 0 Å². The molecule has 0 amide bonds. The highest BCUT2D eigenvalue weighted by Crippen LogP contribution is 2.24. The maximum atomic E-state index is 10.3. The summed E-state index contributed by atoms with van der Waals surface area (Å²) in [6, 6.07) is 0. The summed E-state index contributed by atoms with van der Waals surface area (Å²) in [5.74, 6) is 0.409. The molecule has 1 aliphatic rings. The van der Waals surface area contributed by atoms with E-state index in [4.69, 9.17) is 0 Å². The smallest absolute Gasteiger partial charge is 0.305 e. The lowest BCUT2D eigenvalue weighted by Crippen LogP contribution is -2.60. The number of rotatable bonds is 2. The van der Waals surface area contributed by atoms with Gasteiger partial charge in [0.25, 0.3) is 0 Å². The predicted octanol–water partition coefficient (Wildman–Crippen LogP) is -0.0442. The van der Waals surface area contributed by atoms with Crippen LogP contribution < -0.4 is 4.90 Å². The lowest BCUT2D eigenvalue weighted by atomic mass is 9.98. The van der Waals surface area contributed by atoms with Gasteiger partial charge < -0.3 is 10.0 Å². The fourth-order valence-electron chi connectivity index (χ4n) is 1.49. The molecule has 1 aromatic heterocycles. The van der Waals surface area contributed by atoms with Crippen LogP contribution in [-0.2, 0) is 0 Å². The highest BCUT2D eigenvalue weighted by atomic mass is 16.6. The Labute approximate surface area is 85.5 Å². The van der Waals surface area contributed by atoms with Gasteiger partial charge in [0.05, 0.1) is 23.6 Å². The van der Waals surface area contributed by atoms with Crippen LogP contribution in [0.5, 0.6) is 0 Å². The Hall–Kier alpha value is -1.76. The highest BCUT2D eigenvalue weighted by molar-refractivity contribution is 5.38. The highest BCUT2D eigenvalue weighted by Gasteiger charge is 2.38. The number of hydrogen-bond donors (Lipinski definition) is 1. The Kier molecular flexibility index (Phi) is 2.04. The molecule has 0 unspecified atom stereocenters. The molecule has 1 N–H and O–H groups in total. The molecular weight excluding hydrogens is 200 g/mol. The number of anilines is 1. The maximum Gasteiger partial charge on any atom is 0.305 e. The van der Waals surface area contributed by atoms with Crippen molar-refractivity contribution in [3.05, 3.63) is 22.5 Å². The topological polar surface area (TPSA) is 92.4 Å². The van der Waals surface area contributed by atoms with Gasteiger partial charge in [0.2, 0.25) is 5.95 Å². The summed E-state index contributed by atoms with van der Waals surface area (Å²) in [4.78, 5) is 19.2. The second kappa shape index (κ2) is 3.13. The van der Waals surface area contributed by atoms with Crippen molar-refractivity contribution in [1.82, 2.24) is 9.97 Å². The Morgan fingerprint density at radius 1 is 1.53 bits per heavy atom. The number of nitrogens with zero attached hydrogens (tertiary/aromatic N) is 4. The lowest BCUT2D eigenvalue weighted by molar-refractivity contribution is -0.385. The maximum absolute atomic E-state index is 10.3. The van der Waals surface area contributed by atoms with E-state index in [1.807, 2.05) is 0 Å². The summed E-state index contributed by atoms with van der Waals surface area (Å²) >= 11 is 0. The largest absolute Gasteiger partial charge is 0.386 e. The fraction of sp³-hybridized carbons (Fsp3) is 0.500. The van der Waals surface area contributed by atoms with E-state index >= 15 is 0 Å². The molecule has 0 aromatic carbocycles. The summed E-state index contributed by atoms with van der Waals surface area (Å²) in [5.41, 5.74) is -0.837. The molecule has 0 aliphatic carbocycles. The van der Waals surface area contributed by atoms with Gasteiger partial charge in [0.15, 0.2) is 0 Å². The van der Waals surface area contributed by atoms with E-state index in [0.717, 1.165) is 12.4 Å². The van der Waals surface area contributed by atoms with Gasteiger partial charge in [0.1, 0.15) is 12.4 Å². The van der Waals surface area contributed by atoms with E-state index in [1.54, 1.807) is 11.8 Å². The Balaban J connectivity index is 2.09. The van der Waals surface area contributed by atoms with E-state index in [0.29, 0.717) is 19.0 Å². The predicted molar refractivity (Wildman–Crippen MR) is 51.5 cm³/mol. The average molecular weight is 210 g/mol. The van der Waals surface area contributed by atoms with Crippen molar-refractivity contribution in [1.29, 1.82) is 0 Å². The molecule has 0 saturated carbocycles. The first-order chi connectivity index (χ1) is 6.98. The molecule has 1 aromatic rings. The third kappa shape index (κ3) is 1.86. The zero-order valence-corrected chi connectivity index (χ0v) is 8.12. The first kappa shape index (κ1) is 9.78. The minimum Gasteiger partial charge on any atom is -0.386 e. The molecule has 0 bridgehead atoms. The van der Waals surface area contributed by atoms with Crippen molar-refractivity contribution in [2.45, 2.75) is 12.5 Å². The fourth-order valence-corrected chi connectivity index (χ4v) is 1.49. The normalized spacial score (nSPS) is 18.4. The molecule has 2 rings (SSSR count). The Bertz CT molecular complexity index is 381. The Morgan fingerprint density at radius 3 is 2.47 bits per heavy atom. The molecule has 2 heterocycles. The van der Waals surface area contributed by atoms with Gasteiger partial charge in [-0.1, -0.05) is 0 Å². The van der Waals surface area contributed by atoms with Crippen molar-refractivity contribution < 1.29 is 10.0 Å². The van der Waals surface area contributed by atoms with Crippen LogP contribution in [0.1, 0.15) is 6.92 Å². The monoisotopic (exact) mass is 210 g/mol. The SMILES string of the molecule is CC1(O)CN(c2ncc([N+](=O)[O-])cn2)C1. The molecule has 7 heteroatoms. The van der Waals surface area contributed by atoms with Crippen LogP contribution in [0.4, 0.5) is 11.6 Å². The molecule has 7 nitrogen and oxygen atoms in total. The molecule has 1 aliphatic heterocycles. The van der Waals surface area contributed by atoms with Gasteiger partial charge >= 0.3 is 5.69 Å². The second-order valence-electron chi connectivity index (χ2n) is 3.85. The molecule has 1 fully saturated rings. The summed E-state index contributed by atoms with van der Waals surface area (Å²) in [6.45, 7) is 2.62. The molecule has 80 valence electrons. The third-order valence-electron chi connectivity index (χ3n) is 2.18. The van der Waals surface area contributed by atoms with Crippen LogP contribution in [0.25, 0.3) is 0 Å². The van der Waals surface area contributed by atoms with Gasteiger partial charge in [-0.05, 0) is 6.92 Å². The van der Waals surface area contributed by atoms with Crippen LogP contribution >= 0.6 is 0 Å². The van der Waals surface area contributed by atoms with E-state index in [2.05, 4.69) is 9.97 Å². The van der Waals surface area contributed by atoms with Crippen molar-refractivity contribution in [3.8, 4) is 0 Å². The molecule has 0 spiro atoms. The van der Waals surface area contributed by atoms with Crippen molar-refractivity contribution in [2.75, 3.05) is 18.0 Å². The summed E-state index contributed by atoms with van der Waals surface area (Å²) < 4.78 is 0. The van der Waals surface area contributed by atoms with Crippen molar-refractivity contribution in [3.63, 3.8) is 0 Å². The van der Waals surface area contributed by atoms with Crippen LogP contribution in [0.15, 0.2) is 12.4 Å². The van der Waals surface area contributed by atoms with Crippen LogP contribution in [0.2, 0.25) is 0 Å². The van der Waals surface area contributed by atoms with E-state index in [-0.39, 0.29) is 5.69 Å². The number of nitro groups is 1. The van der Waals surface area contributed by atoms with Gasteiger partial charge in [-0.3, -0.25) is 10.1 Å². The van der Waals surface area contributed by atoms with Crippen molar-refractivity contribution in [2.24, 2.45) is 0 Å². The Morgan fingerprint density at radius 2 is 2.07 bits per heavy atom. The number of hydrogen-bond acceptors (Lipinski definition) is 6. The average Bonchev–Trinajstić information content (AvgIpc) is 2.14. The number of β-amino-alcohol motifs (C(OH)–C–C–N with tert-alkyl or cyclic N) is 1. The molecular formula is C8H10N4O3. The standard InChI is InChI=1S/C8H10N4O3/c1-8(13)4-11(5-8)7-9-2-6(3-10-7)12(14)15/h2-3,13H,4-5H2,1H3. The zero-order chi connectivity index (χ0) is 11.1. The minimum atomic E-state index is -0.703. The summed E-state index contributed by atoms with van der Waals surface area (Å²) in [5, 5.41) is 19.8. The van der Waals surface area contributed by atoms with Crippen molar-refractivity contribution >= 4 is 11.6 Å². The van der Waals surface area contributed by atoms with Gasteiger partial charge in [-0.15, -0.1) is 0 Å². The first-order valence-corrected chi connectivity index (χ1v) is 4.42. The summed E-state index contributed by atoms with van der Waals surface area (Å²) in [7, 11) is 0. The second-order valence-corrected chi connectivity index (χ2v) is 3.85. The van der Waals surface area contributed by atoms with E-state index < -0.39 is 10.5 Å². The van der Waals surface area contributed by atoms with E-state index in [1.165, 1.54) is 0 Å². The third-order valence-corrected chi connectivity index (χ3v) is 2.18. The van der Waals surface area contributed by atoms with Gasteiger partial charge in [-0.2, -0.15) is 0 Å². The first-order valence-electron chi connectivity index (χ1n) is 4.42. The van der Waals surface area contributed by atoms with Crippen LogP contribution in [0.3, 0.4) is 0 Å². The number of aliphatic hydroxyl groups is 1. The molecule has 0 atom stereocenters. The molecule has 0 radical (unpaired) electrons. The lowest BCUT2D eigenvalue weighted by Gasteiger charge is -2.43.